The number of hydrazine groups is 1. The van der Waals surface area contributed by atoms with Crippen molar-refractivity contribution in [3.05, 3.63) is 53.0 Å². The van der Waals surface area contributed by atoms with Crippen molar-refractivity contribution < 1.29 is 4.79 Å². The minimum atomic E-state index is -0.291. The lowest BCUT2D eigenvalue weighted by molar-refractivity contribution is -0.121. The van der Waals surface area contributed by atoms with E-state index in [2.05, 4.69) is 27.2 Å². The molecule has 2 heterocycles. The van der Waals surface area contributed by atoms with E-state index in [1.54, 1.807) is 6.20 Å². The maximum Gasteiger partial charge on any atom is 0.269 e. The largest absolute Gasteiger partial charge is 0.340 e. The maximum absolute atomic E-state index is 12.8. The van der Waals surface area contributed by atoms with Gasteiger partial charge < -0.3 is 10.7 Å². The number of pyridine rings is 1. The van der Waals surface area contributed by atoms with Gasteiger partial charge in [-0.25, -0.2) is 5.43 Å². The topological polar surface area (TPSA) is 66.0 Å². The number of carbonyl (C=O) groups is 1. The fourth-order valence-corrected chi connectivity index (χ4v) is 3.92. The molecule has 3 N–H and O–H groups in total. The molecule has 3 aliphatic carbocycles. The summed E-state index contributed by atoms with van der Waals surface area (Å²) in [5.41, 5.74) is 10.3. The zero-order valence-corrected chi connectivity index (χ0v) is 12.2. The molecule has 4 aliphatic rings. The predicted octanol–water partition coefficient (Wildman–Crippen LogP) is 1.27. The Kier molecular flexibility index (Phi) is 2.37. The first-order valence-corrected chi connectivity index (χ1v) is 7.97. The summed E-state index contributed by atoms with van der Waals surface area (Å²) in [7, 11) is 0. The minimum absolute atomic E-state index is 0.0199. The quantitative estimate of drug-likeness (QED) is 0.785. The number of rotatable bonds is 3. The third-order valence-electron chi connectivity index (χ3n) is 5.43. The van der Waals surface area contributed by atoms with E-state index < -0.39 is 0 Å². The average molecular weight is 294 g/mol. The fourth-order valence-electron chi connectivity index (χ4n) is 3.92. The van der Waals surface area contributed by atoms with E-state index in [0.717, 1.165) is 30.5 Å². The second-order valence-corrected chi connectivity index (χ2v) is 6.71. The SMILES string of the molecule is O=C(NC1(c2ccccn2)CCC1)C1=C2C=C3CC3C2NN1. The number of nitrogens with one attached hydrogen (secondary N) is 3. The molecule has 2 unspecified atom stereocenters. The first kappa shape index (κ1) is 12.4. The predicted molar refractivity (Wildman–Crippen MR) is 81.2 cm³/mol. The molecule has 22 heavy (non-hydrogen) atoms. The molecule has 0 bridgehead atoms. The van der Waals surface area contributed by atoms with Crippen LogP contribution in [0.2, 0.25) is 0 Å². The Morgan fingerprint density at radius 1 is 1.36 bits per heavy atom. The second-order valence-electron chi connectivity index (χ2n) is 6.71. The molecule has 2 fully saturated rings. The maximum atomic E-state index is 12.8. The highest BCUT2D eigenvalue weighted by Crippen LogP contribution is 2.51. The molecule has 1 aromatic rings. The van der Waals surface area contributed by atoms with E-state index in [9.17, 15) is 4.79 Å². The van der Waals surface area contributed by atoms with Crippen molar-refractivity contribution in [2.45, 2.75) is 37.3 Å². The van der Waals surface area contributed by atoms with Crippen LogP contribution in [-0.2, 0) is 10.3 Å². The summed E-state index contributed by atoms with van der Waals surface area (Å²) in [6.45, 7) is 0. The van der Waals surface area contributed by atoms with Gasteiger partial charge in [0.05, 0.1) is 17.3 Å². The monoisotopic (exact) mass is 294 g/mol. The molecular formula is C17H18N4O. The molecule has 5 nitrogen and oxygen atoms in total. The zero-order valence-electron chi connectivity index (χ0n) is 12.2. The van der Waals surface area contributed by atoms with Gasteiger partial charge in [-0.1, -0.05) is 17.7 Å². The van der Waals surface area contributed by atoms with Gasteiger partial charge in [0.25, 0.3) is 5.91 Å². The Bertz CT molecular complexity index is 717. The third-order valence-corrected chi connectivity index (χ3v) is 5.43. The van der Waals surface area contributed by atoms with Gasteiger partial charge in [0.2, 0.25) is 0 Å². The normalized spacial score (nSPS) is 29.9. The fraction of sp³-hybridized carbons (Fsp3) is 0.412. The van der Waals surface area contributed by atoms with Crippen LogP contribution in [0.3, 0.4) is 0 Å². The van der Waals surface area contributed by atoms with Crippen LogP contribution >= 0.6 is 0 Å². The van der Waals surface area contributed by atoms with E-state index in [-0.39, 0.29) is 11.4 Å². The number of amides is 1. The summed E-state index contributed by atoms with van der Waals surface area (Å²) < 4.78 is 0. The van der Waals surface area contributed by atoms with Crippen LogP contribution in [0.5, 0.6) is 0 Å². The summed E-state index contributed by atoms with van der Waals surface area (Å²) in [5.74, 6) is 0.592. The van der Waals surface area contributed by atoms with Gasteiger partial charge in [0, 0.05) is 17.7 Å². The lowest BCUT2D eigenvalue weighted by atomic mass is 9.74. The Morgan fingerprint density at radius 3 is 3.00 bits per heavy atom. The zero-order chi connectivity index (χ0) is 14.7. The van der Waals surface area contributed by atoms with E-state index in [1.165, 1.54) is 12.0 Å². The number of hydrogen-bond acceptors (Lipinski definition) is 4. The number of fused-ring (bicyclic) bond motifs is 3. The Balaban J connectivity index is 1.43. The van der Waals surface area contributed by atoms with Crippen molar-refractivity contribution in [2.75, 3.05) is 0 Å². The molecule has 2 atom stereocenters. The molecule has 1 aliphatic heterocycles. The lowest BCUT2D eigenvalue weighted by Gasteiger charge is -2.42. The molecule has 1 aromatic heterocycles. The molecule has 2 saturated carbocycles. The van der Waals surface area contributed by atoms with Crippen LogP contribution in [-0.4, -0.2) is 16.9 Å². The molecule has 0 aromatic carbocycles. The Hall–Kier alpha value is -2.14. The van der Waals surface area contributed by atoms with Crippen LogP contribution in [0.15, 0.2) is 47.3 Å². The van der Waals surface area contributed by atoms with Gasteiger partial charge in [-0.15, -0.1) is 0 Å². The summed E-state index contributed by atoms with van der Waals surface area (Å²) in [4.78, 5) is 17.2. The Labute approximate surface area is 128 Å². The molecule has 0 spiro atoms. The van der Waals surface area contributed by atoms with Gasteiger partial charge in [-0.2, -0.15) is 0 Å². The van der Waals surface area contributed by atoms with Crippen molar-refractivity contribution >= 4 is 5.91 Å². The summed E-state index contributed by atoms with van der Waals surface area (Å²) in [6, 6.07) is 6.19. The number of nitrogens with zero attached hydrogens (tertiary/aromatic N) is 1. The van der Waals surface area contributed by atoms with Gasteiger partial charge in [-0.3, -0.25) is 9.78 Å². The molecule has 0 radical (unpaired) electrons. The van der Waals surface area contributed by atoms with Crippen molar-refractivity contribution in [3.63, 3.8) is 0 Å². The highest BCUT2D eigenvalue weighted by molar-refractivity contribution is 5.96. The summed E-state index contributed by atoms with van der Waals surface area (Å²) in [5, 5.41) is 3.24. The van der Waals surface area contributed by atoms with E-state index >= 15 is 0 Å². The van der Waals surface area contributed by atoms with Gasteiger partial charge in [-0.05, 0) is 37.8 Å². The van der Waals surface area contributed by atoms with Crippen molar-refractivity contribution in [1.29, 1.82) is 0 Å². The van der Waals surface area contributed by atoms with Crippen molar-refractivity contribution in [3.8, 4) is 0 Å². The minimum Gasteiger partial charge on any atom is -0.340 e. The standard InChI is InChI=1S/C17H18N4O/c22-16(15-12-9-10-8-11(10)14(12)20-21-15)19-17(5-3-6-17)13-4-1-2-7-18-13/h1-2,4,7,9,11,14,20-21H,3,5-6,8H2,(H,19,22). The smallest absolute Gasteiger partial charge is 0.269 e. The average Bonchev–Trinajstić information content (AvgIpc) is 2.99. The first-order chi connectivity index (χ1) is 10.8. The Morgan fingerprint density at radius 2 is 2.27 bits per heavy atom. The van der Waals surface area contributed by atoms with Gasteiger partial charge in [0.15, 0.2) is 0 Å². The highest BCUT2D eigenvalue weighted by Gasteiger charge is 2.49. The lowest BCUT2D eigenvalue weighted by Crippen LogP contribution is -2.52. The molecule has 0 saturated heterocycles. The van der Waals surface area contributed by atoms with Crippen molar-refractivity contribution in [1.82, 2.24) is 21.2 Å². The van der Waals surface area contributed by atoms with Crippen LogP contribution < -0.4 is 16.2 Å². The second kappa shape index (κ2) is 4.20. The van der Waals surface area contributed by atoms with Gasteiger partial charge >= 0.3 is 0 Å². The van der Waals surface area contributed by atoms with Gasteiger partial charge in [0.1, 0.15) is 5.70 Å². The van der Waals surface area contributed by atoms with E-state index in [0.29, 0.717) is 17.7 Å². The third kappa shape index (κ3) is 1.63. The van der Waals surface area contributed by atoms with Crippen LogP contribution in [0.4, 0.5) is 0 Å². The number of hydrogen-bond donors (Lipinski definition) is 3. The van der Waals surface area contributed by atoms with Crippen LogP contribution in [0.25, 0.3) is 0 Å². The molecule has 5 heteroatoms. The highest BCUT2D eigenvalue weighted by atomic mass is 16.2. The van der Waals surface area contributed by atoms with Crippen LogP contribution in [0.1, 0.15) is 31.4 Å². The number of carbonyl (C=O) groups excluding carboxylic acids is 1. The van der Waals surface area contributed by atoms with E-state index in [4.69, 9.17) is 0 Å². The molecule has 5 rings (SSSR count). The van der Waals surface area contributed by atoms with Crippen LogP contribution in [0, 0.1) is 5.92 Å². The summed E-state index contributed by atoms with van der Waals surface area (Å²) >= 11 is 0. The first-order valence-electron chi connectivity index (χ1n) is 7.97. The molecule has 1 amide bonds. The number of aromatic nitrogens is 1. The summed E-state index contributed by atoms with van der Waals surface area (Å²) in [6.07, 6.45) is 8.20. The molecular weight excluding hydrogens is 276 g/mol. The molecule has 112 valence electrons. The van der Waals surface area contributed by atoms with Crippen molar-refractivity contribution in [2.24, 2.45) is 5.92 Å². The van der Waals surface area contributed by atoms with E-state index in [1.807, 2.05) is 18.2 Å².